The third kappa shape index (κ3) is 4.55. The number of rotatable bonds is 8. The van der Waals surface area contributed by atoms with Gasteiger partial charge in [-0.1, -0.05) is 6.07 Å². The van der Waals surface area contributed by atoms with Crippen LogP contribution in [0.1, 0.15) is 29.2 Å². The molecule has 7 heterocycles. The van der Waals surface area contributed by atoms with Crippen LogP contribution in [-0.2, 0) is 0 Å². The number of carbonyl (C=O) groups excluding carboxylic acids is 1. The van der Waals surface area contributed by atoms with E-state index < -0.39 is 0 Å². The van der Waals surface area contributed by atoms with Crippen molar-refractivity contribution in [3.63, 3.8) is 0 Å². The zero-order chi connectivity index (χ0) is 26.2. The normalized spacial score (nSPS) is 13.9. The molecule has 0 atom stereocenters. The van der Waals surface area contributed by atoms with E-state index in [0.717, 1.165) is 35.6 Å². The molecule has 0 spiro atoms. The molecule has 6 aromatic heterocycles. The number of nitrogens with zero attached hydrogens (tertiary/aromatic N) is 6. The quantitative estimate of drug-likeness (QED) is 0.268. The number of H-pyrrole nitrogens is 2. The summed E-state index contributed by atoms with van der Waals surface area (Å²) in [6.07, 6.45) is 7.67. The Morgan fingerprint density at radius 2 is 2.00 bits per heavy atom. The molecule has 0 aromatic carbocycles. The summed E-state index contributed by atoms with van der Waals surface area (Å²) in [5, 5.41) is 9.21. The summed E-state index contributed by atoms with van der Waals surface area (Å²) in [5.74, 6) is 0.490. The van der Waals surface area contributed by atoms with E-state index in [1.807, 2.05) is 41.8 Å². The van der Waals surface area contributed by atoms with Crippen molar-refractivity contribution in [2.75, 3.05) is 26.2 Å². The van der Waals surface area contributed by atoms with Crippen LogP contribution >= 0.6 is 11.3 Å². The molecule has 1 aliphatic heterocycles. The Labute approximate surface area is 227 Å². The van der Waals surface area contributed by atoms with Gasteiger partial charge in [0.05, 0.1) is 17.4 Å². The van der Waals surface area contributed by atoms with Crippen LogP contribution in [0.5, 0.6) is 5.75 Å². The van der Waals surface area contributed by atoms with E-state index >= 15 is 0 Å². The Morgan fingerprint density at radius 1 is 1.08 bits per heavy atom. The lowest BCUT2D eigenvalue weighted by molar-refractivity contribution is 0.102. The molecule has 1 saturated heterocycles. The van der Waals surface area contributed by atoms with Crippen LogP contribution in [0.15, 0.2) is 60.4 Å². The first-order chi connectivity index (χ1) is 19.2. The fraction of sp³-hybridized carbons (Fsp3) is 0.214. The Balaban J connectivity index is 1.17. The maximum absolute atomic E-state index is 13.5. The Bertz CT molecular complexity index is 1790. The maximum atomic E-state index is 13.5. The summed E-state index contributed by atoms with van der Waals surface area (Å²) in [6.45, 7) is 3.79. The van der Waals surface area contributed by atoms with E-state index in [4.69, 9.17) is 9.72 Å². The minimum Gasteiger partial charge on any atom is -0.491 e. The van der Waals surface area contributed by atoms with Crippen molar-refractivity contribution in [3.8, 4) is 27.4 Å². The molecule has 194 valence electrons. The summed E-state index contributed by atoms with van der Waals surface area (Å²) >= 11 is 1.61. The Kier molecular flexibility index (Phi) is 6.06. The van der Waals surface area contributed by atoms with Gasteiger partial charge in [0, 0.05) is 34.9 Å². The molecular formula is C28H24N8O2S. The second-order valence-corrected chi connectivity index (χ2v) is 10.4. The number of aromatic nitrogens is 7. The predicted molar refractivity (Wildman–Crippen MR) is 149 cm³/mol. The van der Waals surface area contributed by atoms with Crippen molar-refractivity contribution in [2.45, 2.75) is 12.8 Å². The number of ketones is 1. The van der Waals surface area contributed by atoms with Crippen molar-refractivity contribution in [3.05, 3.63) is 71.9 Å². The summed E-state index contributed by atoms with van der Waals surface area (Å²) in [4.78, 5) is 38.2. The Morgan fingerprint density at radius 3 is 2.87 bits per heavy atom. The molecule has 0 saturated carbocycles. The Hall–Kier alpha value is -4.48. The summed E-state index contributed by atoms with van der Waals surface area (Å²) < 4.78 is 5.97. The van der Waals surface area contributed by atoms with Crippen LogP contribution in [0, 0.1) is 0 Å². The number of hydrogen-bond donors (Lipinski definition) is 2. The zero-order valence-corrected chi connectivity index (χ0v) is 21.7. The average molecular weight is 537 g/mol. The van der Waals surface area contributed by atoms with Gasteiger partial charge in [0.15, 0.2) is 17.2 Å². The summed E-state index contributed by atoms with van der Waals surface area (Å²) in [7, 11) is 0. The van der Waals surface area contributed by atoms with Crippen LogP contribution in [-0.4, -0.2) is 72.0 Å². The molecule has 1 fully saturated rings. The molecule has 11 heteroatoms. The molecule has 0 amide bonds. The standard InChI is InChI=1S/C28H24N8O2S/c37-26(28-32-23-19(22-4-3-13-39-22)7-8-30-27(23)33-28)25-24-21(34-35-25)6-5-20(31-24)17-14-18(16-29-15-17)38-12-11-36-9-1-2-10-36/h3-8,13-16H,1-2,9-12H2,(H,34,35)(H,30,32,33). The van der Waals surface area contributed by atoms with E-state index in [9.17, 15) is 4.79 Å². The van der Waals surface area contributed by atoms with Crippen LogP contribution in [0.4, 0.5) is 0 Å². The highest BCUT2D eigenvalue weighted by molar-refractivity contribution is 7.13. The first-order valence-corrected chi connectivity index (χ1v) is 13.7. The van der Waals surface area contributed by atoms with Crippen LogP contribution in [0.2, 0.25) is 0 Å². The molecule has 0 aliphatic carbocycles. The number of aromatic amines is 2. The van der Waals surface area contributed by atoms with E-state index in [2.05, 4.69) is 35.0 Å². The van der Waals surface area contributed by atoms with Gasteiger partial charge in [-0.2, -0.15) is 5.10 Å². The highest BCUT2D eigenvalue weighted by atomic mass is 32.1. The van der Waals surface area contributed by atoms with Crippen LogP contribution < -0.4 is 4.74 Å². The SMILES string of the molecule is O=C(c1nc2c(-c3cccs3)ccnc2[nH]1)c1n[nH]c2ccc(-c3cncc(OCCN4CCCC4)c3)nc12. The highest BCUT2D eigenvalue weighted by Crippen LogP contribution is 2.30. The van der Waals surface area contributed by atoms with Gasteiger partial charge in [0.2, 0.25) is 0 Å². The van der Waals surface area contributed by atoms with Crippen molar-refractivity contribution >= 4 is 39.3 Å². The molecule has 10 nitrogen and oxygen atoms in total. The van der Waals surface area contributed by atoms with Gasteiger partial charge in [-0.3, -0.25) is 19.8 Å². The van der Waals surface area contributed by atoms with Crippen LogP contribution in [0.25, 0.3) is 43.9 Å². The number of imidazole rings is 1. The van der Waals surface area contributed by atoms with E-state index in [-0.39, 0.29) is 17.3 Å². The molecule has 39 heavy (non-hydrogen) atoms. The third-order valence-electron chi connectivity index (χ3n) is 6.89. The maximum Gasteiger partial charge on any atom is 0.250 e. The average Bonchev–Trinajstić information content (AvgIpc) is 3.79. The van der Waals surface area contributed by atoms with Gasteiger partial charge in [-0.15, -0.1) is 11.3 Å². The first-order valence-electron chi connectivity index (χ1n) is 12.8. The second kappa shape index (κ2) is 10.0. The number of carbonyl (C=O) groups is 1. The monoisotopic (exact) mass is 536 g/mol. The molecule has 0 radical (unpaired) electrons. The topological polar surface area (TPSA) is 126 Å². The molecule has 0 unspecified atom stereocenters. The predicted octanol–water partition coefficient (Wildman–Crippen LogP) is 4.73. The fourth-order valence-corrected chi connectivity index (χ4v) is 5.67. The summed E-state index contributed by atoms with van der Waals surface area (Å²) in [6, 6.07) is 11.6. The fourth-order valence-electron chi connectivity index (χ4n) is 4.92. The van der Waals surface area contributed by atoms with Crippen molar-refractivity contribution in [1.82, 2.24) is 40.0 Å². The van der Waals surface area contributed by atoms with Gasteiger partial charge < -0.3 is 9.72 Å². The highest BCUT2D eigenvalue weighted by Gasteiger charge is 2.23. The zero-order valence-electron chi connectivity index (χ0n) is 20.9. The van der Waals surface area contributed by atoms with Crippen molar-refractivity contribution in [2.24, 2.45) is 0 Å². The van der Waals surface area contributed by atoms with Gasteiger partial charge >= 0.3 is 0 Å². The minimum absolute atomic E-state index is 0.164. The lowest BCUT2D eigenvalue weighted by Crippen LogP contribution is -2.25. The molecule has 1 aliphatic rings. The van der Waals surface area contributed by atoms with Gasteiger partial charge in [-0.25, -0.2) is 15.0 Å². The smallest absolute Gasteiger partial charge is 0.250 e. The number of fused-ring (bicyclic) bond motifs is 2. The van der Waals surface area contributed by atoms with Crippen molar-refractivity contribution in [1.29, 1.82) is 0 Å². The lowest BCUT2D eigenvalue weighted by Gasteiger charge is -2.15. The van der Waals surface area contributed by atoms with E-state index in [1.54, 1.807) is 29.9 Å². The molecule has 7 rings (SSSR count). The third-order valence-corrected chi connectivity index (χ3v) is 7.80. The first kappa shape index (κ1) is 23.6. The van der Waals surface area contributed by atoms with Gasteiger partial charge in [0.1, 0.15) is 23.4 Å². The number of hydrogen-bond acceptors (Lipinski definition) is 9. The number of likely N-dealkylation sites (tertiary alicyclic amines) is 1. The van der Waals surface area contributed by atoms with Crippen LogP contribution in [0.3, 0.4) is 0 Å². The minimum atomic E-state index is -0.363. The van der Waals surface area contributed by atoms with Gasteiger partial charge in [0.25, 0.3) is 5.78 Å². The number of thiophene rings is 1. The second-order valence-electron chi connectivity index (χ2n) is 9.42. The largest absolute Gasteiger partial charge is 0.491 e. The summed E-state index contributed by atoms with van der Waals surface area (Å²) in [5.41, 5.74) is 4.88. The number of ether oxygens (including phenoxy) is 1. The van der Waals surface area contributed by atoms with E-state index in [1.165, 1.54) is 12.8 Å². The lowest BCUT2D eigenvalue weighted by atomic mass is 10.1. The molecular weight excluding hydrogens is 512 g/mol. The molecule has 6 aromatic rings. The number of nitrogens with one attached hydrogen (secondary N) is 2. The van der Waals surface area contributed by atoms with Gasteiger partial charge in [-0.05, 0) is 61.6 Å². The van der Waals surface area contributed by atoms with Crippen molar-refractivity contribution < 1.29 is 9.53 Å². The molecule has 0 bridgehead atoms. The number of pyridine rings is 3. The van der Waals surface area contributed by atoms with E-state index in [0.29, 0.717) is 40.2 Å². The molecule has 2 N–H and O–H groups in total.